The molecule has 1 aliphatic heterocycles. The first-order chi connectivity index (χ1) is 16.6. The molecule has 0 spiro atoms. The molecule has 1 amide bonds. The fourth-order valence-corrected chi connectivity index (χ4v) is 6.87. The number of rotatable bonds is 7. The fourth-order valence-electron chi connectivity index (χ4n) is 4.44. The van der Waals surface area contributed by atoms with Gasteiger partial charge in [0.25, 0.3) is 0 Å². The van der Waals surface area contributed by atoms with E-state index >= 15 is 0 Å². The summed E-state index contributed by atoms with van der Waals surface area (Å²) in [7, 11) is -4.09. The minimum Gasteiger partial charge on any atom is -0.480 e. The van der Waals surface area contributed by atoms with Crippen molar-refractivity contribution >= 4 is 55.9 Å². The van der Waals surface area contributed by atoms with Crippen molar-refractivity contribution in [3.8, 4) is 0 Å². The highest BCUT2D eigenvalue weighted by molar-refractivity contribution is 7.89. The van der Waals surface area contributed by atoms with Crippen LogP contribution in [0.4, 0.5) is 0 Å². The molecule has 3 atom stereocenters. The number of hydrogen-bond acceptors (Lipinski definition) is 4. The van der Waals surface area contributed by atoms with Crippen LogP contribution in [0, 0.1) is 5.92 Å². The number of carbonyl (C=O) groups excluding carboxylic acids is 1. The quantitative estimate of drug-likeness (QED) is 0.468. The van der Waals surface area contributed by atoms with Crippen LogP contribution in [-0.2, 0) is 26.0 Å². The summed E-state index contributed by atoms with van der Waals surface area (Å²) >= 11 is 12.0. The van der Waals surface area contributed by atoms with Gasteiger partial charge in [-0.2, -0.15) is 4.31 Å². The van der Waals surface area contributed by atoms with Crippen molar-refractivity contribution < 1.29 is 23.1 Å². The summed E-state index contributed by atoms with van der Waals surface area (Å²) in [6.45, 7) is 1.89. The highest BCUT2D eigenvalue weighted by Crippen LogP contribution is 2.32. The summed E-state index contributed by atoms with van der Waals surface area (Å²) in [6.07, 6.45) is 0.512. The van der Waals surface area contributed by atoms with Gasteiger partial charge < -0.3 is 10.4 Å². The minimum absolute atomic E-state index is 0.0592. The average Bonchev–Trinajstić information content (AvgIpc) is 3.20. The van der Waals surface area contributed by atoms with Gasteiger partial charge in [-0.25, -0.2) is 13.2 Å². The number of carboxylic acid groups (broad SMARTS) is 1. The topological polar surface area (TPSA) is 104 Å². The van der Waals surface area contributed by atoms with Crippen molar-refractivity contribution in [2.45, 2.75) is 36.7 Å². The van der Waals surface area contributed by atoms with Crippen LogP contribution in [0.2, 0.25) is 10.0 Å². The molecule has 1 aliphatic rings. The van der Waals surface area contributed by atoms with Crippen LogP contribution in [-0.4, -0.2) is 48.3 Å². The lowest BCUT2D eigenvalue weighted by molar-refractivity contribution is -0.142. The highest BCUT2D eigenvalue weighted by Gasteiger charge is 2.44. The van der Waals surface area contributed by atoms with Gasteiger partial charge in [0.2, 0.25) is 15.9 Å². The number of benzene rings is 3. The van der Waals surface area contributed by atoms with Crippen LogP contribution in [0.5, 0.6) is 0 Å². The van der Waals surface area contributed by atoms with E-state index in [0.29, 0.717) is 6.42 Å². The van der Waals surface area contributed by atoms with Gasteiger partial charge in [0.1, 0.15) is 12.1 Å². The third kappa shape index (κ3) is 5.46. The Labute approximate surface area is 213 Å². The Morgan fingerprint density at radius 1 is 1.06 bits per heavy atom. The van der Waals surface area contributed by atoms with Crippen molar-refractivity contribution in [3.05, 3.63) is 76.3 Å². The van der Waals surface area contributed by atoms with E-state index < -0.39 is 34.0 Å². The monoisotopic (exact) mass is 534 g/mol. The molecule has 0 saturated carbocycles. The predicted octanol–water partition coefficient (Wildman–Crippen LogP) is 4.36. The molecule has 35 heavy (non-hydrogen) atoms. The zero-order chi connectivity index (χ0) is 25.3. The van der Waals surface area contributed by atoms with Crippen LogP contribution >= 0.6 is 23.2 Å². The Morgan fingerprint density at radius 3 is 2.37 bits per heavy atom. The number of carbonyl (C=O) groups is 2. The molecular formula is C25H24Cl2N2O5S. The third-order valence-electron chi connectivity index (χ3n) is 6.23. The number of amides is 1. The maximum atomic E-state index is 13.3. The second-order valence-electron chi connectivity index (χ2n) is 8.72. The molecule has 1 saturated heterocycles. The van der Waals surface area contributed by atoms with Crippen LogP contribution in [0.1, 0.15) is 18.9 Å². The van der Waals surface area contributed by atoms with Crippen LogP contribution in [0.15, 0.2) is 65.6 Å². The van der Waals surface area contributed by atoms with Crippen LogP contribution in [0.25, 0.3) is 10.8 Å². The number of carboxylic acids is 1. The van der Waals surface area contributed by atoms with Gasteiger partial charge in [-0.15, -0.1) is 0 Å². The molecule has 1 heterocycles. The second kappa shape index (κ2) is 10.1. The van der Waals surface area contributed by atoms with Crippen molar-refractivity contribution in [1.29, 1.82) is 0 Å². The van der Waals surface area contributed by atoms with E-state index in [4.69, 9.17) is 23.2 Å². The fraction of sp³-hybridized carbons (Fsp3) is 0.280. The Morgan fingerprint density at radius 2 is 1.71 bits per heavy atom. The Hall–Kier alpha value is -2.65. The number of nitrogens with zero attached hydrogens (tertiary/aromatic N) is 1. The summed E-state index contributed by atoms with van der Waals surface area (Å²) < 4.78 is 27.8. The number of halogens is 2. The zero-order valence-electron chi connectivity index (χ0n) is 18.8. The molecular weight excluding hydrogens is 511 g/mol. The van der Waals surface area contributed by atoms with Gasteiger partial charge in [-0.05, 0) is 46.9 Å². The number of aliphatic carboxylic acids is 1. The smallest absolute Gasteiger partial charge is 0.326 e. The van der Waals surface area contributed by atoms with Gasteiger partial charge in [0, 0.05) is 23.0 Å². The largest absolute Gasteiger partial charge is 0.480 e. The van der Waals surface area contributed by atoms with E-state index in [-0.39, 0.29) is 33.8 Å². The first-order valence-electron chi connectivity index (χ1n) is 11.0. The van der Waals surface area contributed by atoms with Gasteiger partial charge in [0.05, 0.1) is 4.90 Å². The van der Waals surface area contributed by atoms with Gasteiger partial charge in [0.15, 0.2) is 0 Å². The maximum absolute atomic E-state index is 13.3. The predicted molar refractivity (Wildman–Crippen MR) is 135 cm³/mol. The molecule has 0 aliphatic carbocycles. The van der Waals surface area contributed by atoms with Gasteiger partial charge >= 0.3 is 5.97 Å². The van der Waals surface area contributed by atoms with Crippen molar-refractivity contribution in [1.82, 2.24) is 9.62 Å². The highest BCUT2D eigenvalue weighted by atomic mass is 35.5. The Balaban J connectivity index is 1.57. The molecule has 184 valence electrons. The van der Waals surface area contributed by atoms with Crippen LogP contribution < -0.4 is 5.32 Å². The second-order valence-corrected chi connectivity index (χ2v) is 11.5. The summed E-state index contributed by atoms with van der Waals surface area (Å²) in [5.74, 6) is -2.16. The van der Waals surface area contributed by atoms with E-state index in [9.17, 15) is 23.1 Å². The molecule has 3 aromatic rings. The Kier molecular flexibility index (Phi) is 7.38. The zero-order valence-corrected chi connectivity index (χ0v) is 21.1. The van der Waals surface area contributed by atoms with Gasteiger partial charge in [-0.3, -0.25) is 4.79 Å². The lowest BCUT2D eigenvalue weighted by Crippen LogP contribution is -2.53. The number of hydrogen-bond donors (Lipinski definition) is 2. The van der Waals surface area contributed by atoms with Crippen molar-refractivity contribution in [2.75, 3.05) is 6.54 Å². The molecule has 0 bridgehead atoms. The lowest BCUT2D eigenvalue weighted by atomic mass is 10.00. The summed E-state index contributed by atoms with van der Waals surface area (Å²) in [5, 5.41) is 14.7. The van der Waals surface area contributed by atoms with Gasteiger partial charge in [-0.1, -0.05) is 72.6 Å². The third-order valence-corrected chi connectivity index (χ3v) is 8.53. The maximum Gasteiger partial charge on any atom is 0.326 e. The van der Waals surface area contributed by atoms with Crippen molar-refractivity contribution in [3.63, 3.8) is 0 Å². The number of fused-ring (bicyclic) bond motifs is 1. The summed E-state index contributed by atoms with van der Waals surface area (Å²) in [4.78, 5) is 25.1. The molecule has 0 radical (unpaired) electrons. The summed E-state index contributed by atoms with van der Waals surface area (Å²) in [5.41, 5.74) is 0.744. The molecule has 2 unspecified atom stereocenters. The average molecular weight is 535 g/mol. The molecule has 0 aromatic heterocycles. The number of nitrogens with one attached hydrogen (secondary N) is 1. The molecule has 7 nitrogen and oxygen atoms in total. The molecule has 3 aromatic carbocycles. The van der Waals surface area contributed by atoms with Crippen LogP contribution in [0.3, 0.4) is 0 Å². The SMILES string of the molecule is C[C@H]1CCN(S(=O)(=O)c2cc(Cl)cc(Cl)c2)C1C(=O)NC(Cc1ccc2ccccc2c1)C(=O)O. The van der Waals surface area contributed by atoms with E-state index in [1.165, 1.54) is 18.2 Å². The molecule has 2 N–H and O–H groups in total. The molecule has 1 fully saturated rings. The lowest BCUT2D eigenvalue weighted by Gasteiger charge is -2.27. The number of sulfonamides is 1. The normalized spacial score (nSPS) is 19.5. The van der Waals surface area contributed by atoms with E-state index in [1.54, 1.807) is 6.92 Å². The van der Waals surface area contributed by atoms with E-state index in [1.807, 2.05) is 42.5 Å². The first kappa shape index (κ1) is 25.4. The van der Waals surface area contributed by atoms with Crippen molar-refractivity contribution in [2.24, 2.45) is 5.92 Å². The first-order valence-corrected chi connectivity index (χ1v) is 13.2. The van der Waals surface area contributed by atoms with E-state index in [2.05, 4.69) is 5.32 Å². The minimum atomic E-state index is -4.09. The van der Waals surface area contributed by atoms with E-state index in [0.717, 1.165) is 20.6 Å². The molecule has 10 heteroatoms. The Bertz CT molecular complexity index is 1380. The molecule has 4 rings (SSSR count). The standard InChI is InChI=1S/C25H24Cl2N2O5S/c1-15-8-9-29(35(33,34)21-13-19(26)12-20(27)14-21)23(15)24(30)28-22(25(31)32)11-16-6-7-17-4-2-3-5-18(17)10-16/h2-7,10,12-15,22-23H,8-9,11H2,1H3,(H,28,30)(H,31,32)/t15-,22?,23?/m0/s1. The summed E-state index contributed by atoms with van der Waals surface area (Å²) in [6, 6.07) is 15.0.